The number of nitrogens with zero attached hydrogens (tertiary/aromatic N) is 2. The molecular formula is C12H12N4O2S. The zero-order valence-corrected chi connectivity index (χ0v) is 10.7. The number of rotatable bonds is 4. The summed E-state index contributed by atoms with van der Waals surface area (Å²) >= 11 is 1.17. The predicted molar refractivity (Wildman–Crippen MR) is 74.4 cm³/mol. The third kappa shape index (κ3) is 3.29. The number of aliphatic imine (C=N–C) groups is 1. The summed E-state index contributed by atoms with van der Waals surface area (Å²) in [4.78, 5) is 19.6. The van der Waals surface area contributed by atoms with Gasteiger partial charge in [0, 0.05) is 10.4 Å². The maximum absolute atomic E-state index is 10.9. The second-order valence-corrected chi connectivity index (χ2v) is 4.80. The van der Waals surface area contributed by atoms with Crippen LogP contribution >= 0.6 is 11.3 Å². The van der Waals surface area contributed by atoms with Gasteiger partial charge in [0.2, 0.25) is 5.13 Å². The molecule has 0 unspecified atom stereocenters. The fourth-order valence-electron chi connectivity index (χ4n) is 1.58. The summed E-state index contributed by atoms with van der Waals surface area (Å²) in [5, 5.41) is 9.28. The van der Waals surface area contributed by atoms with Gasteiger partial charge in [0.15, 0.2) is 5.96 Å². The molecule has 1 aromatic heterocycles. The molecule has 0 aliphatic rings. The smallest absolute Gasteiger partial charge is 0.308 e. The number of hydrogen-bond donors (Lipinski definition) is 3. The number of nitrogens with two attached hydrogens (primary N) is 2. The molecule has 19 heavy (non-hydrogen) atoms. The minimum absolute atomic E-state index is 0.102. The van der Waals surface area contributed by atoms with Crippen LogP contribution in [-0.2, 0) is 11.2 Å². The molecule has 1 aromatic carbocycles. The summed E-state index contributed by atoms with van der Waals surface area (Å²) in [6.07, 6.45) is -0.109. The topological polar surface area (TPSA) is 115 Å². The number of carboxylic acid groups (broad SMARTS) is 1. The van der Waals surface area contributed by atoms with E-state index in [1.807, 2.05) is 30.3 Å². The third-order valence-electron chi connectivity index (χ3n) is 2.27. The molecule has 0 amide bonds. The zero-order chi connectivity index (χ0) is 13.8. The lowest BCUT2D eigenvalue weighted by molar-refractivity contribution is -0.136. The van der Waals surface area contributed by atoms with E-state index >= 15 is 0 Å². The van der Waals surface area contributed by atoms with E-state index < -0.39 is 5.97 Å². The van der Waals surface area contributed by atoms with Gasteiger partial charge in [-0.3, -0.25) is 4.79 Å². The highest BCUT2D eigenvalue weighted by molar-refractivity contribution is 7.15. The minimum Gasteiger partial charge on any atom is -0.481 e. The van der Waals surface area contributed by atoms with E-state index in [0.29, 0.717) is 15.7 Å². The van der Waals surface area contributed by atoms with E-state index in [4.69, 9.17) is 16.6 Å². The average Bonchev–Trinajstić information content (AvgIpc) is 2.71. The van der Waals surface area contributed by atoms with Gasteiger partial charge in [-0.1, -0.05) is 41.7 Å². The zero-order valence-electron chi connectivity index (χ0n) is 9.91. The summed E-state index contributed by atoms with van der Waals surface area (Å²) < 4.78 is 0. The molecule has 0 radical (unpaired) electrons. The van der Waals surface area contributed by atoms with Crippen molar-refractivity contribution in [1.82, 2.24) is 4.98 Å². The number of carboxylic acids is 1. The Bertz CT molecular complexity index is 618. The number of thiazole rings is 1. The normalized spacial score (nSPS) is 10.1. The van der Waals surface area contributed by atoms with Crippen molar-refractivity contribution in [3.05, 3.63) is 35.2 Å². The molecule has 5 N–H and O–H groups in total. The molecule has 0 fully saturated rings. The van der Waals surface area contributed by atoms with Crippen molar-refractivity contribution in [3.63, 3.8) is 0 Å². The quantitative estimate of drug-likeness (QED) is 0.576. The van der Waals surface area contributed by atoms with Crippen LogP contribution in [0.3, 0.4) is 0 Å². The Morgan fingerprint density at radius 1 is 1.32 bits per heavy atom. The van der Waals surface area contributed by atoms with Crippen molar-refractivity contribution >= 4 is 28.4 Å². The number of benzene rings is 1. The van der Waals surface area contributed by atoms with Crippen LogP contribution in [-0.4, -0.2) is 22.0 Å². The fourth-order valence-corrected chi connectivity index (χ4v) is 2.54. The first-order chi connectivity index (χ1) is 9.06. The van der Waals surface area contributed by atoms with E-state index in [0.717, 1.165) is 5.56 Å². The SMILES string of the molecule is NC(N)=Nc1nc(-c2ccccc2)c(CC(=O)O)s1. The average molecular weight is 276 g/mol. The maximum atomic E-state index is 10.9. The number of hydrogen-bond acceptors (Lipinski definition) is 4. The number of aliphatic carboxylic acids is 1. The highest BCUT2D eigenvalue weighted by Crippen LogP contribution is 2.32. The van der Waals surface area contributed by atoms with Gasteiger partial charge in [0.25, 0.3) is 0 Å². The molecule has 0 saturated heterocycles. The molecule has 0 bridgehead atoms. The maximum Gasteiger partial charge on any atom is 0.308 e. The van der Waals surface area contributed by atoms with Crippen LogP contribution in [0.1, 0.15) is 4.88 Å². The number of guanidine groups is 1. The molecule has 0 spiro atoms. The molecule has 98 valence electrons. The largest absolute Gasteiger partial charge is 0.481 e. The van der Waals surface area contributed by atoms with Crippen molar-refractivity contribution in [3.8, 4) is 11.3 Å². The van der Waals surface area contributed by atoms with E-state index in [1.165, 1.54) is 11.3 Å². The van der Waals surface area contributed by atoms with E-state index in [-0.39, 0.29) is 12.4 Å². The summed E-state index contributed by atoms with van der Waals surface area (Å²) in [6, 6.07) is 9.32. The second-order valence-electron chi connectivity index (χ2n) is 3.74. The highest BCUT2D eigenvalue weighted by atomic mass is 32.1. The van der Waals surface area contributed by atoms with Gasteiger partial charge in [-0.05, 0) is 0 Å². The van der Waals surface area contributed by atoms with E-state index in [1.54, 1.807) is 0 Å². The van der Waals surface area contributed by atoms with Crippen LogP contribution in [0.15, 0.2) is 35.3 Å². The molecule has 2 rings (SSSR count). The van der Waals surface area contributed by atoms with Gasteiger partial charge >= 0.3 is 5.97 Å². The Balaban J connectivity index is 2.48. The molecule has 0 saturated carbocycles. The van der Waals surface area contributed by atoms with Crippen molar-refractivity contribution in [2.75, 3.05) is 0 Å². The first-order valence-electron chi connectivity index (χ1n) is 5.43. The van der Waals surface area contributed by atoms with Gasteiger partial charge in [-0.2, -0.15) is 4.99 Å². The van der Waals surface area contributed by atoms with Crippen LogP contribution in [0.25, 0.3) is 11.3 Å². The summed E-state index contributed by atoms with van der Waals surface area (Å²) in [6.45, 7) is 0. The van der Waals surface area contributed by atoms with Gasteiger partial charge in [0.1, 0.15) is 0 Å². The summed E-state index contributed by atoms with van der Waals surface area (Å²) in [5.74, 6) is -1.02. The monoisotopic (exact) mass is 276 g/mol. The lowest BCUT2D eigenvalue weighted by atomic mass is 10.1. The van der Waals surface area contributed by atoms with Crippen molar-refractivity contribution < 1.29 is 9.90 Å². The lowest BCUT2D eigenvalue weighted by Gasteiger charge is -1.99. The first kappa shape index (κ1) is 13.0. The van der Waals surface area contributed by atoms with Gasteiger partial charge in [0.05, 0.1) is 12.1 Å². The molecule has 7 heteroatoms. The fraction of sp³-hybridized carbons (Fsp3) is 0.0833. The number of aromatic nitrogens is 1. The summed E-state index contributed by atoms with van der Waals surface area (Å²) in [5.41, 5.74) is 12.0. The van der Waals surface area contributed by atoms with Crippen LogP contribution in [0.2, 0.25) is 0 Å². The molecule has 0 aliphatic heterocycles. The molecule has 0 atom stereocenters. The van der Waals surface area contributed by atoms with Crippen LogP contribution in [0, 0.1) is 0 Å². The summed E-state index contributed by atoms with van der Waals surface area (Å²) in [7, 11) is 0. The van der Waals surface area contributed by atoms with Crippen LogP contribution < -0.4 is 11.5 Å². The lowest BCUT2D eigenvalue weighted by Crippen LogP contribution is -2.21. The van der Waals surface area contributed by atoms with Crippen LogP contribution in [0.5, 0.6) is 0 Å². The first-order valence-corrected chi connectivity index (χ1v) is 6.24. The third-order valence-corrected chi connectivity index (χ3v) is 3.22. The Morgan fingerprint density at radius 3 is 2.58 bits per heavy atom. The van der Waals surface area contributed by atoms with Crippen LogP contribution in [0.4, 0.5) is 5.13 Å². The standard InChI is InChI=1S/C12H12N4O2S/c13-11(14)16-12-15-10(7-4-2-1-3-5-7)8(19-12)6-9(17)18/h1-5H,6H2,(H,17,18)(H4,13,14,15,16). The van der Waals surface area contributed by atoms with Gasteiger partial charge in [-0.25, -0.2) is 4.98 Å². The minimum atomic E-state index is -0.919. The molecular weight excluding hydrogens is 264 g/mol. The molecule has 6 nitrogen and oxygen atoms in total. The molecule has 2 aromatic rings. The van der Waals surface area contributed by atoms with E-state index in [9.17, 15) is 4.79 Å². The Morgan fingerprint density at radius 2 is 2.00 bits per heavy atom. The highest BCUT2D eigenvalue weighted by Gasteiger charge is 2.15. The van der Waals surface area contributed by atoms with E-state index in [2.05, 4.69) is 9.98 Å². The second kappa shape index (κ2) is 5.49. The molecule has 0 aliphatic carbocycles. The number of carbonyl (C=O) groups is 1. The van der Waals surface area contributed by atoms with Crippen molar-refractivity contribution in [1.29, 1.82) is 0 Å². The van der Waals surface area contributed by atoms with Gasteiger partial charge in [-0.15, -0.1) is 0 Å². The molecule has 1 heterocycles. The van der Waals surface area contributed by atoms with Gasteiger partial charge < -0.3 is 16.6 Å². The van der Waals surface area contributed by atoms with Crippen molar-refractivity contribution in [2.24, 2.45) is 16.5 Å². The Hall–Kier alpha value is -2.41. The van der Waals surface area contributed by atoms with Crippen molar-refractivity contribution in [2.45, 2.75) is 6.42 Å². The predicted octanol–water partition coefficient (Wildman–Crippen LogP) is 1.34. The Kier molecular flexibility index (Phi) is 3.76. The Labute approximate surface area is 113 Å².